The molecule has 1 aromatic heterocycles. The van der Waals surface area contributed by atoms with Crippen molar-refractivity contribution in [2.24, 2.45) is 5.92 Å². The third kappa shape index (κ3) is 3.13. The fourth-order valence-electron chi connectivity index (χ4n) is 2.32. The van der Waals surface area contributed by atoms with Crippen molar-refractivity contribution in [3.05, 3.63) is 23.7 Å². The van der Waals surface area contributed by atoms with Crippen LogP contribution >= 0.6 is 0 Å². The maximum atomic E-state index is 11.3. The molecule has 0 bridgehead atoms. The van der Waals surface area contributed by atoms with E-state index in [0.717, 1.165) is 6.61 Å². The summed E-state index contributed by atoms with van der Waals surface area (Å²) in [6.07, 6.45) is 5.03. The Morgan fingerprint density at radius 1 is 1.44 bits per heavy atom. The van der Waals surface area contributed by atoms with Gasteiger partial charge >= 0.3 is 5.97 Å². The second-order valence-corrected chi connectivity index (χ2v) is 4.82. The standard InChI is InChI=1S/C14H20O4/c1-10(17-9-11-5-3-4-6-11)12-7-8-13(18-12)14(15)16-2/h7-8,10-11H,3-6,9H2,1-2H3. The number of furan rings is 1. The Morgan fingerprint density at radius 3 is 2.83 bits per heavy atom. The molecule has 0 amide bonds. The highest BCUT2D eigenvalue weighted by molar-refractivity contribution is 5.86. The van der Waals surface area contributed by atoms with E-state index in [1.54, 1.807) is 12.1 Å². The van der Waals surface area contributed by atoms with Gasteiger partial charge in [-0.05, 0) is 37.8 Å². The van der Waals surface area contributed by atoms with Gasteiger partial charge in [-0.1, -0.05) is 12.8 Å². The third-order valence-corrected chi connectivity index (χ3v) is 3.47. The molecule has 4 nitrogen and oxygen atoms in total. The number of rotatable bonds is 5. The van der Waals surface area contributed by atoms with Crippen molar-refractivity contribution in [3.63, 3.8) is 0 Å². The van der Waals surface area contributed by atoms with Crippen LogP contribution in [0.15, 0.2) is 16.5 Å². The average Bonchev–Trinajstić information content (AvgIpc) is 3.05. The van der Waals surface area contributed by atoms with Crippen LogP contribution in [0.25, 0.3) is 0 Å². The Kier molecular flexibility index (Phi) is 4.42. The van der Waals surface area contributed by atoms with E-state index in [1.807, 2.05) is 6.92 Å². The summed E-state index contributed by atoms with van der Waals surface area (Å²) in [6, 6.07) is 3.39. The average molecular weight is 252 g/mol. The van der Waals surface area contributed by atoms with Crippen molar-refractivity contribution in [1.82, 2.24) is 0 Å². The molecule has 1 fully saturated rings. The quantitative estimate of drug-likeness (QED) is 0.754. The fourth-order valence-corrected chi connectivity index (χ4v) is 2.32. The Hall–Kier alpha value is -1.29. The van der Waals surface area contributed by atoms with Crippen LogP contribution in [0.2, 0.25) is 0 Å². The first-order valence-electron chi connectivity index (χ1n) is 6.50. The smallest absolute Gasteiger partial charge is 0.373 e. The summed E-state index contributed by atoms with van der Waals surface area (Å²) >= 11 is 0. The van der Waals surface area contributed by atoms with Crippen LogP contribution < -0.4 is 0 Å². The SMILES string of the molecule is COC(=O)c1ccc(C(C)OCC2CCCC2)o1. The van der Waals surface area contributed by atoms with E-state index in [1.165, 1.54) is 32.8 Å². The lowest BCUT2D eigenvalue weighted by molar-refractivity contribution is 0.0261. The van der Waals surface area contributed by atoms with Gasteiger partial charge in [0.1, 0.15) is 11.9 Å². The summed E-state index contributed by atoms with van der Waals surface area (Å²) in [5.41, 5.74) is 0. The molecule has 18 heavy (non-hydrogen) atoms. The van der Waals surface area contributed by atoms with Crippen molar-refractivity contribution >= 4 is 5.97 Å². The minimum absolute atomic E-state index is 0.121. The minimum Gasteiger partial charge on any atom is -0.463 e. The van der Waals surface area contributed by atoms with Gasteiger partial charge in [0.2, 0.25) is 5.76 Å². The molecule has 1 aliphatic rings. The molecule has 100 valence electrons. The first kappa shape index (κ1) is 13.1. The molecule has 2 rings (SSSR count). The Labute approximate surface area is 107 Å². The zero-order chi connectivity index (χ0) is 13.0. The van der Waals surface area contributed by atoms with E-state index in [2.05, 4.69) is 4.74 Å². The lowest BCUT2D eigenvalue weighted by atomic mass is 10.1. The Bertz CT molecular complexity index is 390. The number of hydrogen-bond acceptors (Lipinski definition) is 4. The predicted octanol–water partition coefficient (Wildman–Crippen LogP) is 3.33. The van der Waals surface area contributed by atoms with E-state index >= 15 is 0 Å². The number of methoxy groups -OCH3 is 1. The van der Waals surface area contributed by atoms with Gasteiger partial charge < -0.3 is 13.9 Å². The largest absolute Gasteiger partial charge is 0.463 e. The maximum absolute atomic E-state index is 11.3. The highest BCUT2D eigenvalue weighted by Gasteiger charge is 2.19. The van der Waals surface area contributed by atoms with Crippen molar-refractivity contribution in [2.75, 3.05) is 13.7 Å². The topological polar surface area (TPSA) is 48.7 Å². The number of ether oxygens (including phenoxy) is 2. The van der Waals surface area contributed by atoms with E-state index in [4.69, 9.17) is 9.15 Å². The van der Waals surface area contributed by atoms with Gasteiger partial charge in [0.15, 0.2) is 0 Å². The molecular formula is C14H20O4. The Morgan fingerprint density at radius 2 is 2.17 bits per heavy atom. The summed E-state index contributed by atoms with van der Waals surface area (Å²) < 4.78 is 15.8. The second-order valence-electron chi connectivity index (χ2n) is 4.82. The van der Waals surface area contributed by atoms with Crippen LogP contribution in [0, 0.1) is 5.92 Å². The third-order valence-electron chi connectivity index (χ3n) is 3.47. The number of esters is 1. The van der Waals surface area contributed by atoms with Gasteiger partial charge in [0.05, 0.1) is 13.7 Å². The molecule has 0 N–H and O–H groups in total. The van der Waals surface area contributed by atoms with Crippen LogP contribution in [-0.2, 0) is 9.47 Å². The van der Waals surface area contributed by atoms with Gasteiger partial charge in [0.25, 0.3) is 0 Å². The zero-order valence-electron chi connectivity index (χ0n) is 11.0. The summed E-state index contributed by atoms with van der Waals surface area (Å²) in [6.45, 7) is 2.71. The van der Waals surface area contributed by atoms with E-state index < -0.39 is 5.97 Å². The van der Waals surface area contributed by atoms with E-state index in [-0.39, 0.29) is 11.9 Å². The second kappa shape index (κ2) is 6.05. The molecule has 1 unspecified atom stereocenters. The summed E-state index contributed by atoms with van der Waals surface area (Å²) in [5.74, 6) is 1.13. The first-order valence-corrected chi connectivity index (χ1v) is 6.50. The van der Waals surface area contributed by atoms with E-state index in [0.29, 0.717) is 11.7 Å². The van der Waals surface area contributed by atoms with Crippen molar-refractivity contribution in [1.29, 1.82) is 0 Å². The molecule has 0 saturated heterocycles. The van der Waals surface area contributed by atoms with E-state index in [9.17, 15) is 4.79 Å². The fraction of sp³-hybridized carbons (Fsp3) is 0.643. The monoisotopic (exact) mass is 252 g/mol. The normalized spacial score (nSPS) is 17.9. The molecule has 1 aliphatic carbocycles. The Balaban J connectivity index is 1.85. The molecule has 0 aliphatic heterocycles. The van der Waals surface area contributed by atoms with Gasteiger partial charge in [-0.3, -0.25) is 0 Å². The van der Waals surface area contributed by atoms with Crippen LogP contribution in [-0.4, -0.2) is 19.7 Å². The molecule has 1 atom stereocenters. The van der Waals surface area contributed by atoms with Gasteiger partial charge in [0, 0.05) is 0 Å². The highest BCUT2D eigenvalue weighted by Crippen LogP contribution is 2.27. The van der Waals surface area contributed by atoms with Crippen LogP contribution in [0.5, 0.6) is 0 Å². The molecule has 4 heteroatoms. The zero-order valence-corrected chi connectivity index (χ0v) is 11.0. The van der Waals surface area contributed by atoms with Crippen LogP contribution in [0.1, 0.15) is 55.0 Å². The highest BCUT2D eigenvalue weighted by atomic mass is 16.5. The number of carbonyl (C=O) groups excluding carboxylic acids is 1. The number of carbonyl (C=O) groups is 1. The molecule has 1 aromatic rings. The lowest BCUT2D eigenvalue weighted by Crippen LogP contribution is -2.08. The van der Waals surface area contributed by atoms with Crippen molar-refractivity contribution in [3.8, 4) is 0 Å². The van der Waals surface area contributed by atoms with Gasteiger partial charge in [-0.25, -0.2) is 4.79 Å². The molecule has 0 spiro atoms. The molecule has 0 aromatic carbocycles. The predicted molar refractivity (Wildman–Crippen MR) is 66.4 cm³/mol. The molecular weight excluding hydrogens is 232 g/mol. The van der Waals surface area contributed by atoms with Gasteiger partial charge in [-0.15, -0.1) is 0 Å². The van der Waals surface area contributed by atoms with Crippen molar-refractivity contribution < 1.29 is 18.7 Å². The van der Waals surface area contributed by atoms with Crippen molar-refractivity contribution in [2.45, 2.75) is 38.7 Å². The van der Waals surface area contributed by atoms with Crippen LogP contribution in [0.3, 0.4) is 0 Å². The molecule has 0 radical (unpaired) electrons. The minimum atomic E-state index is -0.454. The summed E-state index contributed by atoms with van der Waals surface area (Å²) in [4.78, 5) is 11.3. The maximum Gasteiger partial charge on any atom is 0.373 e. The van der Waals surface area contributed by atoms with Gasteiger partial charge in [-0.2, -0.15) is 0 Å². The lowest BCUT2D eigenvalue weighted by Gasteiger charge is -2.14. The van der Waals surface area contributed by atoms with Crippen LogP contribution in [0.4, 0.5) is 0 Å². The summed E-state index contributed by atoms with van der Waals surface area (Å²) in [7, 11) is 1.34. The first-order chi connectivity index (χ1) is 8.70. The number of hydrogen-bond donors (Lipinski definition) is 0. The molecule has 1 saturated carbocycles. The summed E-state index contributed by atoms with van der Waals surface area (Å²) in [5, 5.41) is 0. The molecule has 1 heterocycles.